The SMILES string of the molecule is COC(=O)C(NC(C)C)c1cc(Br)c(Br)s1. The van der Waals surface area contributed by atoms with E-state index in [1.54, 1.807) is 0 Å². The predicted molar refractivity (Wildman–Crippen MR) is 72.7 cm³/mol. The maximum absolute atomic E-state index is 11.7. The van der Waals surface area contributed by atoms with Crippen LogP contribution < -0.4 is 5.32 Å². The van der Waals surface area contributed by atoms with Gasteiger partial charge in [0.2, 0.25) is 0 Å². The second kappa shape index (κ2) is 6.14. The first-order chi connectivity index (χ1) is 7.45. The molecule has 0 aliphatic carbocycles. The fraction of sp³-hybridized carbons (Fsp3) is 0.500. The van der Waals surface area contributed by atoms with Crippen molar-refractivity contribution in [3.63, 3.8) is 0 Å². The van der Waals surface area contributed by atoms with E-state index in [4.69, 9.17) is 4.74 Å². The molecule has 0 amide bonds. The Bertz CT molecular complexity index is 359. The molecule has 1 heterocycles. The van der Waals surface area contributed by atoms with Crippen molar-refractivity contribution in [3.8, 4) is 0 Å². The number of ether oxygens (including phenoxy) is 1. The van der Waals surface area contributed by atoms with E-state index in [1.165, 1.54) is 18.4 Å². The van der Waals surface area contributed by atoms with Gasteiger partial charge in [-0.2, -0.15) is 0 Å². The van der Waals surface area contributed by atoms with E-state index in [-0.39, 0.29) is 12.0 Å². The minimum atomic E-state index is -0.405. The highest BCUT2D eigenvalue weighted by atomic mass is 79.9. The molecule has 1 unspecified atom stereocenters. The number of hydrogen-bond acceptors (Lipinski definition) is 4. The van der Waals surface area contributed by atoms with E-state index in [1.807, 2.05) is 19.9 Å². The van der Waals surface area contributed by atoms with Crippen LogP contribution in [0.15, 0.2) is 14.3 Å². The van der Waals surface area contributed by atoms with Crippen molar-refractivity contribution >= 4 is 49.2 Å². The summed E-state index contributed by atoms with van der Waals surface area (Å²) in [6, 6.07) is 1.73. The quantitative estimate of drug-likeness (QED) is 0.824. The Balaban J connectivity index is 2.96. The molecule has 0 saturated carbocycles. The van der Waals surface area contributed by atoms with Gasteiger partial charge in [-0.15, -0.1) is 11.3 Å². The molecule has 0 aliphatic heterocycles. The summed E-state index contributed by atoms with van der Waals surface area (Å²) >= 11 is 8.33. The number of rotatable bonds is 4. The van der Waals surface area contributed by atoms with Crippen LogP contribution >= 0.6 is 43.2 Å². The topological polar surface area (TPSA) is 38.3 Å². The Morgan fingerprint density at radius 1 is 1.50 bits per heavy atom. The fourth-order valence-corrected chi connectivity index (χ4v) is 3.36. The lowest BCUT2D eigenvalue weighted by molar-refractivity contribution is -0.143. The third kappa shape index (κ3) is 3.55. The van der Waals surface area contributed by atoms with Crippen molar-refractivity contribution in [2.75, 3.05) is 7.11 Å². The Hall–Kier alpha value is 0.0900. The zero-order valence-electron chi connectivity index (χ0n) is 9.21. The van der Waals surface area contributed by atoms with Crippen LogP contribution in [0.5, 0.6) is 0 Å². The number of nitrogens with one attached hydrogen (secondary N) is 1. The van der Waals surface area contributed by atoms with Gasteiger partial charge in [0.15, 0.2) is 0 Å². The minimum Gasteiger partial charge on any atom is -0.468 e. The van der Waals surface area contributed by atoms with Gasteiger partial charge >= 0.3 is 5.97 Å². The first kappa shape index (κ1) is 14.2. The fourth-order valence-electron chi connectivity index (χ4n) is 1.22. The second-order valence-corrected chi connectivity index (χ2v) is 6.80. The van der Waals surface area contributed by atoms with Gasteiger partial charge in [-0.25, -0.2) is 4.79 Å². The molecule has 0 spiro atoms. The first-order valence-corrected chi connectivity index (χ1v) is 7.14. The average Bonchev–Trinajstić information content (AvgIpc) is 2.54. The summed E-state index contributed by atoms with van der Waals surface area (Å²) in [6.45, 7) is 3.99. The zero-order chi connectivity index (χ0) is 12.3. The van der Waals surface area contributed by atoms with Crippen molar-refractivity contribution in [2.45, 2.75) is 25.9 Å². The summed E-state index contributed by atoms with van der Waals surface area (Å²) in [5.74, 6) is -0.269. The highest BCUT2D eigenvalue weighted by Crippen LogP contribution is 2.35. The summed E-state index contributed by atoms with van der Waals surface area (Å²) in [6.07, 6.45) is 0. The molecule has 0 saturated heterocycles. The summed E-state index contributed by atoms with van der Waals surface area (Å²) in [5.41, 5.74) is 0. The van der Waals surface area contributed by atoms with Gasteiger partial charge in [0, 0.05) is 15.4 Å². The molecular weight excluding hydrogens is 358 g/mol. The van der Waals surface area contributed by atoms with Crippen molar-refractivity contribution in [1.29, 1.82) is 0 Å². The Morgan fingerprint density at radius 2 is 2.12 bits per heavy atom. The molecule has 3 nitrogen and oxygen atoms in total. The minimum absolute atomic E-state index is 0.212. The van der Waals surface area contributed by atoms with Crippen LogP contribution in [0.4, 0.5) is 0 Å². The van der Waals surface area contributed by atoms with Gasteiger partial charge in [-0.05, 0) is 51.8 Å². The molecule has 1 aromatic rings. The largest absolute Gasteiger partial charge is 0.468 e. The van der Waals surface area contributed by atoms with Crippen LogP contribution in [-0.4, -0.2) is 19.1 Å². The van der Waals surface area contributed by atoms with Gasteiger partial charge in [0.05, 0.1) is 10.9 Å². The van der Waals surface area contributed by atoms with Gasteiger partial charge in [-0.3, -0.25) is 5.32 Å². The first-order valence-electron chi connectivity index (χ1n) is 4.74. The van der Waals surface area contributed by atoms with Crippen LogP contribution in [0.25, 0.3) is 0 Å². The lowest BCUT2D eigenvalue weighted by Crippen LogP contribution is -2.33. The van der Waals surface area contributed by atoms with Gasteiger partial charge in [0.1, 0.15) is 6.04 Å². The Kier molecular flexibility index (Phi) is 5.43. The number of esters is 1. The van der Waals surface area contributed by atoms with Crippen molar-refractivity contribution in [1.82, 2.24) is 5.32 Å². The van der Waals surface area contributed by atoms with E-state index >= 15 is 0 Å². The third-order valence-electron chi connectivity index (χ3n) is 1.89. The zero-order valence-corrected chi connectivity index (χ0v) is 13.2. The third-order valence-corrected chi connectivity index (χ3v) is 5.21. The molecule has 0 aliphatic rings. The maximum atomic E-state index is 11.7. The smallest absolute Gasteiger partial charge is 0.328 e. The second-order valence-electron chi connectivity index (χ2n) is 3.55. The molecule has 0 fully saturated rings. The van der Waals surface area contributed by atoms with Crippen molar-refractivity contribution in [3.05, 3.63) is 19.2 Å². The van der Waals surface area contributed by atoms with Crippen LogP contribution in [0.2, 0.25) is 0 Å². The van der Waals surface area contributed by atoms with Crippen molar-refractivity contribution < 1.29 is 9.53 Å². The molecule has 1 N–H and O–H groups in total. The lowest BCUT2D eigenvalue weighted by atomic mass is 10.2. The van der Waals surface area contributed by atoms with E-state index in [9.17, 15) is 4.79 Å². The number of thiophene rings is 1. The Labute approximate surface area is 116 Å². The summed E-state index contributed by atoms with van der Waals surface area (Å²) < 4.78 is 6.72. The molecule has 0 bridgehead atoms. The number of halogens is 2. The lowest BCUT2D eigenvalue weighted by Gasteiger charge is -2.17. The Morgan fingerprint density at radius 3 is 2.50 bits per heavy atom. The monoisotopic (exact) mass is 369 g/mol. The molecule has 0 aromatic carbocycles. The average molecular weight is 371 g/mol. The van der Waals surface area contributed by atoms with E-state index in [0.29, 0.717) is 0 Å². The van der Waals surface area contributed by atoms with E-state index in [0.717, 1.165) is 13.1 Å². The molecule has 90 valence electrons. The van der Waals surface area contributed by atoms with Gasteiger partial charge in [0.25, 0.3) is 0 Å². The molecule has 1 atom stereocenters. The number of carbonyl (C=O) groups is 1. The highest BCUT2D eigenvalue weighted by Gasteiger charge is 2.24. The van der Waals surface area contributed by atoms with Crippen molar-refractivity contribution in [2.24, 2.45) is 0 Å². The molecule has 0 radical (unpaired) electrons. The van der Waals surface area contributed by atoms with E-state index in [2.05, 4.69) is 37.2 Å². The molecule has 1 rings (SSSR count). The number of carbonyl (C=O) groups excluding carboxylic acids is 1. The summed E-state index contributed by atoms with van der Waals surface area (Å²) in [5, 5.41) is 3.18. The molecule has 6 heteroatoms. The van der Waals surface area contributed by atoms with Crippen LogP contribution in [-0.2, 0) is 9.53 Å². The summed E-state index contributed by atoms with van der Waals surface area (Å²) in [7, 11) is 1.40. The predicted octanol–water partition coefficient (Wildman–Crippen LogP) is 3.49. The normalized spacial score (nSPS) is 12.9. The standard InChI is InChI=1S/C10H13Br2NO2S/c1-5(2)13-8(10(14)15-3)7-4-6(11)9(12)16-7/h4-5,8,13H,1-3H3. The van der Waals surface area contributed by atoms with Crippen LogP contribution in [0.1, 0.15) is 24.8 Å². The van der Waals surface area contributed by atoms with Crippen LogP contribution in [0, 0.1) is 0 Å². The van der Waals surface area contributed by atoms with Crippen LogP contribution in [0.3, 0.4) is 0 Å². The molecule has 1 aromatic heterocycles. The number of hydrogen-bond donors (Lipinski definition) is 1. The highest BCUT2D eigenvalue weighted by molar-refractivity contribution is 9.13. The molecular formula is C10H13Br2NO2S. The van der Waals surface area contributed by atoms with E-state index < -0.39 is 6.04 Å². The number of methoxy groups -OCH3 is 1. The maximum Gasteiger partial charge on any atom is 0.328 e. The molecule has 16 heavy (non-hydrogen) atoms. The van der Waals surface area contributed by atoms with Gasteiger partial charge in [-0.1, -0.05) is 0 Å². The summed E-state index contributed by atoms with van der Waals surface area (Å²) in [4.78, 5) is 12.6. The van der Waals surface area contributed by atoms with Gasteiger partial charge < -0.3 is 4.74 Å².